The number of hydrogen-bond donors (Lipinski definition) is 1. The van der Waals surface area contributed by atoms with Crippen molar-refractivity contribution < 1.29 is 4.79 Å². The van der Waals surface area contributed by atoms with E-state index >= 15 is 0 Å². The lowest BCUT2D eigenvalue weighted by Crippen LogP contribution is -2.47. The number of likely N-dealkylation sites (tertiary alicyclic amines) is 1. The third kappa shape index (κ3) is 3.34. The zero-order valence-electron chi connectivity index (χ0n) is 10.2. The number of nitrogens with one attached hydrogen (secondary N) is 1. The van der Waals surface area contributed by atoms with E-state index < -0.39 is 0 Å². The molecule has 2 saturated heterocycles. The molecule has 0 aromatic heterocycles. The van der Waals surface area contributed by atoms with Crippen molar-refractivity contribution in [1.82, 2.24) is 15.1 Å². The predicted molar refractivity (Wildman–Crippen MR) is 64.0 cm³/mol. The summed E-state index contributed by atoms with van der Waals surface area (Å²) >= 11 is 0. The van der Waals surface area contributed by atoms with Crippen molar-refractivity contribution in [2.75, 3.05) is 39.3 Å². The molecule has 2 fully saturated rings. The van der Waals surface area contributed by atoms with Crippen LogP contribution in [0.5, 0.6) is 0 Å². The van der Waals surface area contributed by atoms with E-state index in [1.807, 2.05) is 4.90 Å². The van der Waals surface area contributed by atoms with E-state index in [0.29, 0.717) is 18.2 Å². The molecule has 0 aromatic carbocycles. The lowest BCUT2D eigenvalue weighted by molar-refractivity contribution is -0.133. The summed E-state index contributed by atoms with van der Waals surface area (Å²) < 4.78 is 0. The Morgan fingerprint density at radius 3 is 2.47 bits per heavy atom. The van der Waals surface area contributed by atoms with Crippen LogP contribution in [0.2, 0.25) is 0 Å². The summed E-state index contributed by atoms with van der Waals surface area (Å²) in [4.78, 5) is 15.8. The van der Waals surface area contributed by atoms with Crippen LogP contribution in [0.1, 0.15) is 19.3 Å². The molecular weight excluding hydrogens is 216 g/mol. The summed E-state index contributed by atoms with van der Waals surface area (Å²) in [6.07, 6.45) is 4.79. The van der Waals surface area contributed by atoms with Crippen LogP contribution in [0.3, 0.4) is 0 Å². The van der Waals surface area contributed by atoms with Crippen LogP contribution >= 0.6 is 0 Å². The second-order valence-corrected chi connectivity index (χ2v) is 4.87. The number of nitrogens with zero attached hydrogens (tertiary/aromatic N) is 3. The molecule has 2 aliphatic heterocycles. The van der Waals surface area contributed by atoms with Crippen molar-refractivity contribution in [3.05, 3.63) is 0 Å². The van der Waals surface area contributed by atoms with Crippen molar-refractivity contribution >= 4 is 5.91 Å². The molecule has 5 nitrogen and oxygen atoms in total. The second kappa shape index (κ2) is 5.87. The van der Waals surface area contributed by atoms with E-state index in [0.717, 1.165) is 52.1 Å². The maximum absolute atomic E-state index is 12.0. The number of piperazine rings is 1. The summed E-state index contributed by atoms with van der Waals surface area (Å²) in [5, 5.41) is 12.0. The highest BCUT2D eigenvalue weighted by Crippen LogP contribution is 2.20. The van der Waals surface area contributed by atoms with Crippen LogP contribution in [0.25, 0.3) is 0 Å². The van der Waals surface area contributed by atoms with Crippen LogP contribution in [0.15, 0.2) is 0 Å². The molecule has 0 saturated carbocycles. The van der Waals surface area contributed by atoms with Crippen molar-refractivity contribution in [2.45, 2.75) is 19.3 Å². The van der Waals surface area contributed by atoms with Gasteiger partial charge in [0.1, 0.15) is 0 Å². The number of carbonyl (C=O) groups is 1. The van der Waals surface area contributed by atoms with Gasteiger partial charge in [0, 0.05) is 45.7 Å². The molecule has 0 spiro atoms. The Morgan fingerprint density at radius 2 is 1.88 bits per heavy atom. The largest absolute Gasteiger partial charge is 0.340 e. The third-order valence-corrected chi connectivity index (χ3v) is 3.69. The summed E-state index contributed by atoms with van der Waals surface area (Å²) in [5.41, 5.74) is 0. The third-order valence-electron chi connectivity index (χ3n) is 3.69. The zero-order valence-corrected chi connectivity index (χ0v) is 10.2. The zero-order chi connectivity index (χ0) is 12.1. The van der Waals surface area contributed by atoms with Crippen LogP contribution in [-0.4, -0.2) is 55.0 Å². The highest BCUT2D eigenvalue weighted by atomic mass is 16.2. The SMILES string of the molecule is N#CN1CCC(CC(=O)N2CCNCC2)CC1. The molecule has 0 aromatic rings. The Kier molecular flexibility index (Phi) is 4.21. The predicted octanol–water partition coefficient (Wildman–Crippen LogP) is 0.00138. The number of rotatable bonds is 2. The maximum Gasteiger partial charge on any atom is 0.222 e. The number of hydrogen-bond acceptors (Lipinski definition) is 4. The molecule has 0 radical (unpaired) electrons. The van der Waals surface area contributed by atoms with Crippen LogP contribution in [0, 0.1) is 17.4 Å². The fourth-order valence-corrected chi connectivity index (χ4v) is 2.53. The standard InChI is InChI=1S/C12H20N4O/c13-10-15-5-1-11(2-6-15)9-12(17)16-7-3-14-4-8-16/h11,14H,1-9H2. The Balaban J connectivity index is 1.74. The van der Waals surface area contributed by atoms with Crippen molar-refractivity contribution in [3.63, 3.8) is 0 Å². The summed E-state index contributed by atoms with van der Waals surface area (Å²) in [7, 11) is 0. The van der Waals surface area contributed by atoms with Gasteiger partial charge in [-0.2, -0.15) is 5.26 Å². The van der Waals surface area contributed by atoms with E-state index in [1.54, 1.807) is 4.90 Å². The Hall–Kier alpha value is -1.28. The monoisotopic (exact) mass is 236 g/mol. The quantitative estimate of drug-likeness (QED) is 0.686. The van der Waals surface area contributed by atoms with Gasteiger partial charge in [0.05, 0.1) is 0 Å². The summed E-state index contributed by atoms with van der Waals surface area (Å²) in [6, 6.07) is 0. The summed E-state index contributed by atoms with van der Waals surface area (Å²) in [5.74, 6) is 0.767. The Morgan fingerprint density at radius 1 is 1.24 bits per heavy atom. The first-order chi connectivity index (χ1) is 8.29. The number of piperidine rings is 1. The molecule has 94 valence electrons. The molecule has 0 aliphatic carbocycles. The molecule has 5 heteroatoms. The summed E-state index contributed by atoms with van der Waals surface area (Å²) in [6.45, 7) is 5.15. The van der Waals surface area contributed by atoms with Crippen LogP contribution in [0.4, 0.5) is 0 Å². The first kappa shape index (κ1) is 12.2. The Labute approximate surface area is 102 Å². The number of amides is 1. The number of nitriles is 1. The molecule has 17 heavy (non-hydrogen) atoms. The van der Waals surface area contributed by atoms with Crippen LogP contribution < -0.4 is 5.32 Å². The normalized spacial score (nSPS) is 22.3. The van der Waals surface area contributed by atoms with E-state index in [-0.39, 0.29) is 0 Å². The highest BCUT2D eigenvalue weighted by Gasteiger charge is 2.24. The van der Waals surface area contributed by atoms with Gasteiger partial charge in [0.2, 0.25) is 5.91 Å². The van der Waals surface area contributed by atoms with Gasteiger partial charge in [-0.3, -0.25) is 4.79 Å². The number of carbonyl (C=O) groups excluding carboxylic acids is 1. The van der Waals surface area contributed by atoms with Gasteiger partial charge in [0.15, 0.2) is 6.19 Å². The molecule has 1 N–H and O–H groups in total. The van der Waals surface area contributed by atoms with Crippen molar-refractivity contribution in [3.8, 4) is 6.19 Å². The van der Waals surface area contributed by atoms with E-state index in [1.165, 1.54) is 0 Å². The Bertz CT molecular complexity index is 298. The van der Waals surface area contributed by atoms with Crippen LogP contribution in [-0.2, 0) is 4.79 Å². The molecule has 2 rings (SSSR count). The lowest BCUT2D eigenvalue weighted by Gasteiger charge is -2.31. The first-order valence-corrected chi connectivity index (χ1v) is 6.43. The van der Waals surface area contributed by atoms with Crippen molar-refractivity contribution in [2.24, 2.45) is 5.92 Å². The maximum atomic E-state index is 12.0. The van der Waals surface area contributed by atoms with Gasteiger partial charge >= 0.3 is 0 Å². The van der Waals surface area contributed by atoms with Gasteiger partial charge in [-0.05, 0) is 18.8 Å². The minimum Gasteiger partial charge on any atom is -0.340 e. The minimum absolute atomic E-state index is 0.293. The van der Waals surface area contributed by atoms with Gasteiger partial charge in [-0.15, -0.1) is 0 Å². The molecule has 1 amide bonds. The average Bonchev–Trinajstić information content (AvgIpc) is 2.40. The van der Waals surface area contributed by atoms with E-state index in [4.69, 9.17) is 5.26 Å². The van der Waals surface area contributed by atoms with Gasteiger partial charge in [-0.1, -0.05) is 0 Å². The molecular formula is C12H20N4O. The fraction of sp³-hybridized carbons (Fsp3) is 0.833. The van der Waals surface area contributed by atoms with Gasteiger partial charge < -0.3 is 15.1 Å². The van der Waals surface area contributed by atoms with E-state index in [2.05, 4.69) is 11.5 Å². The topological polar surface area (TPSA) is 59.4 Å². The van der Waals surface area contributed by atoms with Crippen molar-refractivity contribution in [1.29, 1.82) is 5.26 Å². The molecule has 2 heterocycles. The average molecular weight is 236 g/mol. The fourth-order valence-electron chi connectivity index (χ4n) is 2.53. The lowest BCUT2D eigenvalue weighted by atomic mass is 9.93. The van der Waals surface area contributed by atoms with E-state index in [9.17, 15) is 4.79 Å². The highest BCUT2D eigenvalue weighted by molar-refractivity contribution is 5.76. The molecule has 0 unspecified atom stereocenters. The smallest absolute Gasteiger partial charge is 0.222 e. The second-order valence-electron chi connectivity index (χ2n) is 4.87. The first-order valence-electron chi connectivity index (χ1n) is 6.43. The molecule has 0 bridgehead atoms. The van der Waals surface area contributed by atoms with Gasteiger partial charge in [-0.25, -0.2) is 0 Å². The van der Waals surface area contributed by atoms with Gasteiger partial charge in [0.25, 0.3) is 0 Å². The minimum atomic E-state index is 0.293. The molecule has 2 aliphatic rings. The molecule has 0 atom stereocenters.